The first-order valence-electron chi connectivity index (χ1n) is 5.92. The Balaban J connectivity index is 2.17. The predicted molar refractivity (Wildman–Crippen MR) is 71.0 cm³/mol. The van der Waals surface area contributed by atoms with Crippen molar-refractivity contribution in [3.63, 3.8) is 0 Å². The maximum absolute atomic E-state index is 10.9. The standard InChI is InChI=1S/C15H12N2O3/c16-5-12-3-13(7-17-6-12)10-20-15-4-11(8-18)1-2-14(15)9-19/h1-4,6-7,9,18H,8,10H2. The molecule has 0 amide bonds. The van der Waals surface area contributed by atoms with Crippen LogP contribution >= 0.6 is 0 Å². The van der Waals surface area contributed by atoms with Gasteiger partial charge < -0.3 is 9.84 Å². The molecule has 1 heterocycles. The van der Waals surface area contributed by atoms with E-state index in [1.165, 1.54) is 6.20 Å². The largest absolute Gasteiger partial charge is 0.488 e. The van der Waals surface area contributed by atoms with Crippen molar-refractivity contribution in [3.05, 3.63) is 58.9 Å². The number of ether oxygens (including phenoxy) is 1. The molecular formula is C15H12N2O3. The van der Waals surface area contributed by atoms with Crippen LogP contribution in [0.3, 0.4) is 0 Å². The molecule has 0 saturated heterocycles. The average Bonchev–Trinajstić information content (AvgIpc) is 2.52. The molecule has 5 nitrogen and oxygen atoms in total. The van der Waals surface area contributed by atoms with Crippen LogP contribution in [0.1, 0.15) is 27.0 Å². The fraction of sp³-hybridized carbons (Fsp3) is 0.133. The zero-order valence-corrected chi connectivity index (χ0v) is 10.6. The molecule has 5 heteroatoms. The summed E-state index contributed by atoms with van der Waals surface area (Å²) < 4.78 is 5.56. The second-order valence-electron chi connectivity index (χ2n) is 4.13. The van der Waals surface area contributed by atoms with Crippen molar-refractivity contribution in [1.29, 1.82) is 5.26 Å². The van der Waals surface area contributed by atoms with Crippen molar-refractivity contribution in [3.8, 4) is 11.8 Å². The van der Waals surface area contributed by atoms with E-state index in [-0.39, 0.29) is 13.2 Å². The summed E-state index contributed by atoms with van der Waals surface area (Å²) in [7, 11) is 0. The van der Waals surface area contributed by atoms with E-state index in [0.29, 0.717) is 28.7 Å². The highest BCUT2D eigenvalue weighted by atomic mass is 16.5. The molecule has 0 aliphatic heterocycles. The van der Waals surface area contributed by atoms with E-state index in [9.17, 15) is 4.79 Å². The molecule has 0 saturated carbocycles. The number of hydrogen-bond donors (Lipinski definition) is 1. The van der Waals surface area contributed by atoms with Crippen molar-refractivity contribution >= 4 is 6.29 Å². The summed E-state index contributed by atoms with van der Waals surface area (Å²) in [4.78, 5) is 14.9. The molecule has 0 unspecified atom stereocenters. The minimum atomic E-state index is -0.124. The molecule has 0 spiro atoms. The number of nitrogens with zero attached hydrogens (tertiary/aromatic N) is 2. The molecule has 2 rings (SSSR count). The van der Waals surface area contributed by atoms with Gasteiger partial charge in [-0.2, -0.15) is 5.26 Å². The first-order valence-corrected chi connectivity index (χ1v) is 5.92. The van der Waals surface area contributed by atoms with Crippen LogP contribution in [0.5, 0.6) is 5.75 Å². The summed E-state index contributed by atoms with van der Waals surface area (Å²) in [6.07, 6.45) is 3.75. The predicted octanol–water partition coefficient (Wildman–Crippen LogP) is 1.84. The van der Waals surface area contributed by atoms with Crippen LogP contribution in [0.15, 0.2) is 36.7 Å². The Morgan fingerprint density at radius 2 is 2.15 bits per heavy atom. The van der Waals surface area contributed by atoms with Gasteiger partial charge in [-0.05, 0) is 23.8 Å². The number of carbonyl (C=O) groups is 1. The zero-order valence-electron chi connectivity index (χ0n) is 10.6. The first-order chi connectivity index (χ1) is 9.76. The number of hydrogen-bond acceptors (Lipinski definition) is 5. The molecule has 1 N–H and O–H groups in total. The molecule has 0 aliphatic carbocycles. The Morgan fingerprint density at radius 1 is 1.30 bits per heavy atom. The lowest BCUT2D eigenvalue weighted by atomic mass is 10.1. The highest BCUT2D eigenvalue weighted by Gasteiger charge is 2.05. The van der Waals surface area contributed by atoms with Crippen molar-refractivity contribution in [2.75, 3.05) is 0 Å². The lowest BCUT2D eigenvalue weighted by molar-refractivity contribution is 0.111. The minimum absolute atomic E-state index is 0.124. The Bertz CT molecular complexity index is 662. The molecule has 0 bridgehead atoms. The maximum atomic E-state index is 10.9. The third-order valence-corrected chi connectivity index (χ3v) is 2.71. The van der Waals surface area contributed by atoms with Gasteiger partial charge in [-0.15, -0.1) is 0 Å². The Labute approximate surface area is 116 Å². The summed E-state index contributed by atoms with van der Waals surface area (Å²) in [6, 6.07) is 8.54. The van der Waals surface area contributed by atoms with Gasteiger partial charge in [0.2, 0.25) is 0 Å². The van der Waals surface area contributed by atoms with Crippen LogP contribution in [0.2, 0.25) is 0 Å². The van der Waals surface area contributed by atoms with Gasteiger partial charge >= 0.3 is 0 Å². The van der Waals surface area contributed by atoms with Crippen molar-refractivity contribution < 1.29 is 14.6 Å². The normalized spacial score (nSPS) is 9.80. The first kappa shape index (κ1) is 13.7. The lowest BCUT2D eigenvalue weighted by Gasteiger charge is -2.09. The van der Waals surface area contributed by atoms with Crippen LogP contribution in [0.25, 0.3) is 0 Å². The second-order valence-corrected chi connectivity index (χ2v) is 4.13. The van der Waals surface area contributed by atoms with Crippen molar-refractivity contribution in [2.24, 2.45) is 0 Å². The minimum Gasteiger partial charge on any atom is -0.488 e. The number of aldehydes is 1. The Kier molecular flexibility index (Phi) is 4.43. The fourth-order valence-corrected chi connectivity index (χ4v) is 1.69. The highest BCUT2D eigenvalue weighted by Crippen LogP contribution is 2.20. The van der Waals surface area contributed by atoms with Crippen LogP contribution < -0.4 is 4.74 Å². The van der Waals surface area contributed by atoms with E-state index in [0.717, 1.165) is 5.56 Å². The summed E-state index contributed by atoms with van der Waals surface area (Å²) in [5.41, 5.74) is 2.25. The third kappa shape index (κ3) is 3.19. The third-order valence-electron chi connectivity index (χ3n) is 2.71. The Hall–Kier alpha value is -2.71. The topological polar surface area (TPSA) is 83.2 Å². The monoisotopic (exact) mass is 268 g/mol. The van der Waals surface area contributed by atoms with Crippen LogP contribution in [0, 0.1) is 11.3 Å². The molecule has 0 fully saturated rings. The van der Waals surface area contributed by atoms with Crippen molar-refractivity contribution in [2.45, 2.75) is 13.2 Å². The molecule has 0 aliphatic rings. The van der Waals surface area contributed by atoms with Crippen LogP contribution in [0.4, 0.5) is 0 Å². The quantitative estimate of drug-likeness (QED) is 0.836. The molecule has 100 valence electrons. The van der Waals surface area contributed by atoms with Gasteiger partial charge in [0.15, 0.2) is 6.29 Å². The van der Waals surface area contributed by atoms with Gasteiger partial charge in [0.1, 0.15) is 18.4 Å². The number of aliphatic hydroxyl groups is 1. The summed E-state index contributed by atoms with van der Waals surface area (Å²) >= 11 is 0. The number of aliphatic hydroxyl groups excluding tert-OH is 1. The van der Waals surface area contributed by atoms with E-state index in [1.54, 1.807) is 30.5 Å². The number of aromatic nitrogens is 1. The maximum Gasteiger partial charge on any atom is 0.153 e. The van der Waals surface area contributed by atoms with Gasteiger partial charge in [-0.3, -0.25) is 9.78 Å². The summed E-state index contributed by atoms with van der Waals surface area (Å²) in [5.74, 6) is 0.397. The molecule has 1 aromatic heterocycles. The summed E-state index contributed by atoms with van der Waals surface area (Å²) in [5, 5.41) is 17.9. The van der Waals surface area contributed by atoms with E-state index >= 15 is 0 Å². The van der Waals surface area contributed by atoms with E-state index in [1.807, 2.05) is 6.07 Å². The Morgan fingerprint density at radius 3 is 2.85 bits per heavy atom. The van der Waals surface area contributed by atoms with E-state index < -0.39 is 0 Å². The molecular weight excluding hydrogens is 256 g/mol. The lowest BCUT2D eigenvalue weighted by Crippen LogP contribution is -2.00. The van der Waals surface area contributed by atoms with Gasteiger partial charge in [-0.25, -0.2) is 0 Å². The summed E-state index contributed by atoms with van der Waals surface area (Å²) in [6.45, 7) is 0.0687. The highest BCUT2D eigenvalue weighted by molar-refractivity contribution is 5.79. The molecule has 1 aromatic carbocycles. The van der Waals surface area contributed by atoms with E-state index in [4.69, 9.17) is 15.1 Å². The van der Waals surface area contributed by atoms with Gasteiger partial charge in [0.25, 0.3) is 0 Å². The van der Waals surface area contributed by atoms with E-state index in [2.05, 4.69) is 4.98 Å². The number of benzene rings is 1. The molecule has 20 heavy (non-hydrogen) atoms. The number of pyridine rings is 1. The van der Waals surface area contributed by atoms with Gasteiger partial charge in [0.05, 0.1) is 17.7 Å². The zero-order chi connectivity index (χ0) is 14.4. The SMILES string of the molecule is N#Cc1cncc(COc2cc(CO)ccc2C=O)c1. The molecule has 0 radical (unpaired) electrons. The average molecular weight is 268 g/mol. The molecule has 2 aromatic rings. The number of rotatable bonds is 5. The van der Waals surface area contributed by atoms with Crippen LogP contribution in [-0.2, 0) is 13.2 Å². The molecule has 0 atom stereocenters. The van der Waals surface area contributed by atoms with Crippen LogP contribution in [-0.4, -0.2) is 16.4 Å². The fourth-order valence-electron chi connectivity index (χ4n) is 1.69. The van der Waals surface area contributed by atoms with Crippen molar-refractivity contribution in [1.82, 2.24) is 4.98 Å². The smallest absolute Gasteiger partial charge is 0.153 e. The van der Waals surface area contributed by atoms with Gasteiger partial charge in [-0.1, -0.05) is 6.07 Å². The number of carbonyl (C=O) groups excluding carboxylic acids is 1. The second kappa shape index (κ2) is 6.45. The van der Waals surface area contributed by atoms with Gasteiger partial charge in [0, 0.05) is 18.0 Å². The number of nitriles is 1.